The van der Waals surface area contributed by atoms with E-state index in [1.54, 1.807) is 6.07 Å². The van der Waals surface area contributed by atoms with Gasteiger partial charge in [0, 0.05) is 5.54 Å². The fourth-order valence-electron chi connectivity index (χ4n) is 3.28. The summed E-state index contributed by atoms with van der Waals surface area (Å²) in [6.07, 6.45) is 9.29. The van der Waals surface area contributed by atoms with Crippen LogP contribution in [0.1, 0.15) is 57.4 Å². The molecule has 0 saturated heterocycles. The third-order valence-corrected chi connectivity index (χ3v) is 5.53. The van der Waals surface area contributed by atoms with E-state index in [1.165, 1.54) is 38.2 Å². The van der Waals surface area contributed by atoms with Gasteiger partial charge in [0.2, 0.25) is 0 Å². The fourth-order valence-corrected chi connectivity index (χ4v) is 3.68. The highest BCUT2D eigenvalue weighted by Crippen LogP contribution is 2.36. The Morgan fingerprint density at radius 3 is 2.70 bits per heavy atom. The van der Waals surface area contributed by atoms with Crippen LogP contribution in [0.15, 0.2) is 22.7 Å². The second-order valence-electron chi connectivity index (χ2n) is 6.34. The summed E-state index contributed by atoms with van der Waals surface area (Å²) in [7, 11) is 0. The molecule has 1 aromatic carbocycles. The molecule has 2 rings (SSSR count). The van der Waals surface area contributed by atoms with Crippen LogP contribution < -0.4 is 5.73 Å². The van der Waals surface area contributed by atoms with Crippen molar-refractivity contribution in [2.75, 3.05) is 0 Å². The summed E-state index contributed by atoms with van der Waals surface area (Å²) in [6.45, 7) is 2.25. The van der Waals surface area contributed by atoms with Crippen molar-refractivity contribution in [3.8, 4) is 0 Å². The monoisotopic (exact) mass is 341 g/mol. The first kappa shape index (κ1) is 16.0. The molecule has 1 aliphatic rings. The van der Waals surface area contributed by atoms with Gasteiger partial charge in [0.1, 0.15) is 5.82 Å². The van der Waals surface area contributed by atoms with E-state index in [0.29, 0.717) is 4.47 Å². The summed E-state index contributed by atoms with van der Waals surface area (Å²) in [6, 6.07) is 5.23. The zero-order valence-corrected chi connectivity index (χ0v) is 13.9. The molecule has 0 aliphatic heterocycles. The Bertz CT molecular complexity index is 439. The molecule has 0 radical (unpaired) electrons. The van der Waals surface area contributed by atoms with Crippen molar-refractivity contribution >= 4 is 15.9 Å². The SMILES string of the molecule is CCCCC1CCC(N)(Cc2cccc(F)c2Br)CC1. The van der Waals surface area contributed by atoms with Gasteiger partial charge >= 0.3 is 0 Å². The Morgan fingerprint density at radius 1 is 1.35 bits per heavy atom. The molecule has 0 heterocycles. The highest BCUT2D eigenvalue weighted by Gasteiger charge is 2.32. The molecule has 1 nitrogen and oxygen atoms in total. The smallest absolute Gasteiger partial charge is 0.137 e. The summed E-state index contributed by atoms with van der Waals surface area (Å²) < 4.78 is 14.2. The Labute approximate surface area is 130 Å². The predicted molar refractivity (Wildman–Crippen MR) is 86.2 cm³/mol. The molecule has 1 fully saturated rings. The van der Waals surface area contributed by atoms with E-state index in [4.69, 9.17) is 5.73 Å². The summed E-state index contributed by atoms with van der Waals surface area (Å²) >= 11 is 3.35. The topological polar surface area (TPSA) is 26.0 Å². The van der Waals surface area contributed by atoms with E-state index < -0.39 is 0 Å². The van der Waals surface area contributed by atoms with Crippen molar-refractivity contribution in [2.45, 2.75) is 63.8 Å². The molecule has 0 spiro atoms. The van der Waals surface area contributed by atoms with Crippen LogP contribution in [0.5, 0.6) is 0 Å². The Balaban J connectivity index is 1.95. The van der Waals surface area contributed by atoms with Crippen molar-refractivity contribution < 1.29 is 4.39 Å². The number of unbranched alkanes of at least 4 members (excludes halogenated alkanes) is 1. The molecule has 0 aromatic heterocycles. The third kappa shape index (κ3) is 4.05. The zero-order valence-electron chi connectivity index (χ0n) is 12.3. The molecule has 0 bridgehead atoms. The first-order chi connectivity index (χ1) is 9.54. The van der Waals surface area contributed by atoms with Crippen molar-refractivity contribution in [3.05, 3.63) is 34.1 Å². The predicted octanol–water partition coefficient (Wildman–Crippen LogP) is 5.21. The summed E-state index contributed by atoms with van der Waals surface area (Å²) in [5.74, 6) is 0.658. The van der Waals surface area contributed by atoms with Crippen molar-refractivity contribution in [1.82, 2.24) is 0 Å². The summed E-state index contributed by atoms with van der Waals surface area (Å²) in [5, 5.41) is 0. The van der Waals surface area contributed by atoms with E-state index >= 15 is 0 Å². The quantitative estimate of drug-likeness (QED) is 0.781. The lowest BCUT2D eigenvalue weighted by Crippen LogP contribution is -2.45. The lowest BCUT2D eigenvalue weighted by Gasteiger charge is -2.37. The molecule has 1 saturated carbocycles. The minimum absolute atomic E-state index is 0.154. The molecule has 20 heavy (non-hydrogen) atoms. The maximum absolute atomic E-state index is 13.6. The van der Waals surface area contributed by atoms with Crippen molar-refractivity contribution in [1.29, 1.82) is 0 Å². The molecule has 0 amide bonds. The average molecular weight is 342 g/mol. The largest absolute Gasteiger partial charge is 0.325 e. The lowest BCUT2D eigenvalue weighted by atomic mass is 9.73. The Kier molecular flexibility index (Phi) is 5.62. The second kappa shape index (κ2) is 7.04. The van der Waals surface area contributed by atoms with Crippen molar-refractivity contribution in [3.63, 3.8) is 0 Å². The van der Waals surface area contributed by atoms with Gasteiger partial charge in [-0.3, -0.25) is 0 Å². The van der Waals surface area contributed by atoms with Crippen LogP contribution in [0.3, 0.4) is 0 Å². The maximum atomic E-state index is 13.6. The molecule has 1 aromatic rings. The van der Waals surface area contributed by atoms with Crippen LogP contribution in [0.2, 0.25) is 0 Å². The minimum atomic E-state index is -0.192. The van der Waals surface area contributed by atoms with Gasteiger partial charge in [0.05, 0.1) is 4.47 Å². The standard InChI is InChI=1S/C17H25BrFN/c1-2-3-5-13-8-10-17(20,11-9-13)12-14-6-4-7-15(19)16(14)18/h4,6-7,13H,2-3,5,8-12,20H2,1H3. The highest BCUT2D eigenvalue weighted by molar-refractivity contribution is 9.10. The summed E-state index contributed by atoms with van der Waals surface area (Å²) in [5.41, 5.74) is 7.40. The van der Waals surface area contributed by atoms with Gasteiger partial charge in [0.15, 0.2) is 0 Å². The Hall–Kier alpha value is -0.410. The van der Waals surface area contributed by atoms with Gasteiger partial charge in [-0.2, -0.15) is 0 Å². The van der Waals surface area contributed by atoms with Gasteiger partial charge in [-0.25, -0.2) is 4.39 Å². The molecule has 112 valence electrons. The van der Waals surface area contributed by atoms with Crippen LogP contribution in [0, 0.1) is 11.7 Å². The molecular formula is C17H25BrFN. The van der Waals surface area contributed by atoms with Gasteiger partial charge in [0.25, 0.3) is 0 Å². The number of halogens is 2. The van der Waals surface area contributed by atoms with E-state index in [9.17, 15) is 4.39 Å². The molecular weight excluding hydrogens is 317 g/mol. The molecule has 3 heteroatoms. The molecule has 0 unspecified atom stereocenters. The average Bonchev–Trinajstić information content (AvgIpc) is 2.43. The lowest BCUT2D eigenvalue weighted by molar-refractivity contribution is 0.221. The van der Waals surface area contributed by atoms with Crippen LogP contribution in [0.4, 0.5) is 4.39 Å². The first-order valence-electron chi connectivity index (χ1n) is 7.76. The van der Waals surface area contributed by atoms with Gasteiger partial charge in [-0.15, -0.1) is 0 Å². The van der Waals surface area contributed by atoms with Gasteiger partial charge in [-0.1, -0.05) is 38.3 Å². The number of hydrogen-bond donors (Lipinski definition) is 1. The van der Waals surface area contributed by atoms with E-state index in [1.807, 2.05) is 6.07 Å². The number of hydrogen-bond acceptors (Lipinski definition) is 1. The third-order valence-electron chi connectivity index (χ3n) is 4.64. The molecule has 1 aliphatic carbocycles. The second-order valence-corrected chi connectivity index (χ2v) is 7.13. The van der Waals surface area contributed by atoms with Crippen LogP contribution in [-0.2, 0) is 6.42 Å². The highest BCUT2D eigenvalue weighted by atomic mass is 79.9. The Morgan fingerprint density at radius 2 is 2.05 bits per heavy atom. The first-order valence-corrected chi connectivity index (χ1v) is 8.55. The normalized spacial score (nSPS) is 26.7. The fraction of sp³-hybridized carbons (Fsp3) is 0.647. The van der Waals surface area contributed by atoms with Gasteiger partial charge in [-0.05, 0) is 65.6 Å². The van der Waals surface area contributed by atoms with Crippen LogP contribution in [-0.4, -0.2) is 5.54 Å². The van der Waals surface area contributed by atoms with Crippen molar-refractivity contribution in [2.24, 2.45) is 11.7 Å². The van der Waals surface area contributed by atoms with E-state index in [2.05, 4.69) is 22.9 Å². The van der Waals surface area contributed by atoms with Crippen LogP contribution in [0.25, 0.3) is 0 Å². The molecule has 0 atom stereocenters. The number of benzene rings is 1. The zero-order chi connectivity index (χ0) is 14.6. The minimum Gasteiger partial charge on any atom is -0.325 e. The van der Waals surface area contributed by atoms with E-state index in [0.717, 1.165) is 30.7 Å². The number of nitrogens with two attached hydrogens (primary N) is 1. The summed E-state index contributed by atoms with van der Waals surface area (Å²) in [4.78, 5) is 0. The number of rotatable bonds is 5. The maximum Gasteiger partial charge on any atom is 0.137 e. The van der Waals surface area contributed by atoms with Crippen LogP contribution >= 0.6 is 15.9 Å². The van der Waals surface area contributed by atoms with E-state index in [-0.39, 0.29) is 11.4 Å². The van der Waals surface area contributed by atoms with Gasteiger partial charge < -0.3 is 5.73 Å². The molecule has 2 N–H and O–H groups in total.